The molecule has 7 rings (SSSR count). The van der Waals surface area contributed by atoms with E-state index in [1.165, 1.54) is 45.0 Å². The Hall–Kier alpha value is -5.36. The number of aromatic nitrogens is 5. The molecule has 1 saturated carbocycles. The molecule has 1 amide bonds. The maximum atomic E-state index is 15.6. The molecule has 3 heterocycles. The number of amides is 1. The molecule has 3 aromatic heterocycles. The molecule has 1 unspecified atom stereocenters. The number of nitrogen functional groups attached to an aromatic ring is 1. The third-order valence-electron chi connectivity index (χ3n) is 10.9. The summed E-state index contributed by atoms with van der Waals surface area (Å²) in [5.41, 5.74) is 1.60. The zero-order valence-electron chi connectivity index (χ0n) is 32.1. The Morgan fingerprint density at radius 1 is 1.00 bits per heavy atom. The predicted octanol–water partition coefficient (Wildman–Crippen LogP) is 8.12. The molecule has 0 saturated heterocycles. The standard InChI is InChI=1S/C39H32ClF10N7O3S/c1-17-27-29-33(39(48,49)50)54-56(34(29)38(46,47)30(17)27)15-26(58)53-25(13-18-11-19(41)14-20(42)12-18)31-22(6-5-21(52-31)9-10-36(2,3)61(4,59)60)23-7-8-24(40)28-32(23)57(55-35(28)51)16-37(43,44)45/h5-8,11-12,14,17,25,27,30H,13,15-16H2,1-4H3,(H2,51,55)(H,53,58)/t17-,25+,27?,30-/m1/s1. The molecule has 0 spiro atoms. The molecule has 2 aliphatic carbocycles. The average Bonchev–Trinajstić information content (AvgIpc) is 3.34. The van der Waals surface area contributed by atoms with Gasteiger partial charge in [-0.15, -0.1) is 0 Å². The lowest BCUT2D eigenvalue weighted by Gasteiger charge is -2.23. The maximum absolute atomic E-state index is 15.6. The van der Waals surface area contributed by atoms with Gasteiger partial charge in [0.1, 0.15) is 40.9 Å². The summed E-state index contributed by atoms with van der Waals surface area (Å²) in [6, 6.07) is 5.79. The van der Waals surface area contributed by atoms with Gasteiger partial charge in [0.05, 0.1) is 27.7 Å². The number of alkyl halides is 8. The van der Waals surface area contributed by atoms with E-state index in [2.05, 4.69) is 32.3 Å². The van der Waals surface area contributed by atoms with E-state index in [-0.39, 0.29) is 48.7 Å². The highest BCUT2D eigenvalue weighted by Crippen LogP contribution is 2.71. The van der Waals surface area contributed by atoms with E-state index in [1.807, 2.05) is 0 Å². The van der Waals surface area contributed by atoms with Gasteiger partial charge in [0, 0.05) is 40.8 Å². The van der Waals surface area contributed by atoms with E-state index in [0.717, 1.165) is 18.4 Å². The smallest absolute Gasteiger partial charge is 0.382 e. The Morgan fingerprint density at radius 2 is 1.64 bits per heavy atom. The monoisotopic (exact) mass is 903 g/mol. The Morgan fingerprint density at radius 3 is 2.25 bits per heavy atom. The van der Waals surface area contributed by atoms with Gasteiger partial charge >= 0.3 is 12.4 Å². The van der Waals surface area contributed by atoms with Crippen molar-refractivity contribution in [3.63, 3.8) is 0 Å². The summed E-state index contributed by atoms with van der Waals surface area (Å²) in [7, 11) is -3.80. The van der Waals surface area contributed by atoms with Gasteiger partial charge in [-0.2, -0.15) is 45.3 Å². The second kappa shape index (κ2) is 14.6. The van der Waals surface area contributed by atoms with Crippen LogP contribution in [0.15, 0.2) is 42.5 Å². The van der Waals surface area contributed by atoms with Crippen molar-refractivity contribution in [2.24, 2.45) is 11.8 Å². The predicted molar refractivity (Wildman–Crippen MR) is 202 cm³/mol. The van der Waals surface area contributed by atoms with Crippen LogP contribution in [0.2, 0.25) is 5.02 Å². The number of pyridine rings is 1. The second-order valence-electron chi connectivity index (χ2n) is 15.5. The molecule has 0 aliphatic heterocycles. The Balaban J connectivity index is 1.42. The lowest BCUT2D eigenvalue weighted by atomic mass is 9.93. The Kier molecular flexibility index (Phi) is 10.5. The summed E-state index contributed by atoms with van der Waals surface area (Å²) in [6.45, 7) is 1.09. The highest BCUT2D eigenvalue weighted by atomic mass is 35.5. The van der Waals surface area contributed by atoms with E-state index < -0.39 is 116 Å². The maximum Gasteiger partial charge on any atom is 0.435 e. The van der Waals surface area contributed by atoms with Crippen LogP contribution in [0.1, 0.15) is 66.6 Å². The first-order chi connectivity index (χ1) is 28.1. The molecule has 3 N–H and O–H groups in total. The first kappa shape index (κ1) is 43.7. The molecule has 2 aliphatic rings. The Bertz CT molecular complexity index is 2790. The number of hydrogen-bond acceptors (Lipinski definition) is 7. The van der Waals surface area contributed by atoms with Crippen LogP contribution in [0, 0.1) is 35.3 Å². The molecular formula is C39H32ClF10N7O3S. The molecule has 61 heavy (non-hydrogen) atoms. The van der Waals surface area contributed by atoms with Crippen LogP contribution in [-0.4, -0.2) is 56.0 Å². The van der Waals surface area contributed by atoms with Gasteiger partial charge in [0.25, 0.3) is 5.92 Å². The van der Waals surface area contributed by atoms with Gasteiger partial charge in [-0.05, 0) is 68.0 Å². The van der Waals surface area contributed by atoms with Crippen LogP contribution in [0.25, 0.3) is 22.0 Å². The van der Waals surface area contributed by atoms with Crippen molar-refractivity contribution in [2.75, 3.05) is 12.0 Å². The van der Waals surface area contributed by atoms with E-state index in [9.17, 15) is 48.3 Å². The van der Waals surface area contributed by atoms with Crippen molar-refractivity contribution in [1.82, 2.24) is 29.9 Å². The van der Waals surface area contributed by atoms with Crippen LogP contribution in [0.3, 0.4) is 0 Å². The zero-order valence-corrected chi connectivity index (χ0v) is 33.6. The molecule has 4 atom stereocenters. The lowest BCUT2D eigenvalue weighted by molar-refractivity contribution is -0.143. The molecule has 22 heteroatoms. The zero-order chi connectivity index (χ0) is 44.9. The van der Waals surface area contributed by atoms with Gasteiger partial charge in [-0.1, -0.05) is 30.5 Å². The number of nitrogens with two attached hydrogens (primary N) is 1. The minimum Gasteiger partial charge on any atom is -0.382 e. The molecule has 0 bridgehead atoms. The summed E-state index contributed by atoms with van der Waals surface area (Å²) in [6.07, 6.45) is -9.65. The summed E-state index contributed by atoms with van der Waals surface area (Å²) in [4.78, 5) is 18.5. The lowest BCUT2D eigenvalue weighted by Crippen LogP contribution is -2.35. The van der Waals surface area contributed by atoms with Gasteiger partial charge in [-0.25, -0.2) is 22.2 Å². The third-order valence-corrected chi connectivity index (χ3v) is 13.1. The first-order valence-corrected chi connectivity index (χ1v) is 20.4. The van der Waals surface area contributed by atoms with Gasteiger partial charge < -0.3 is 11.1 Å². The molecule has 0 radical (unpaired) electrons. The molecule has 10 nitrogen and oxygen atoms in total. The fourth-order valence-electron chi connectivity index (χ4n) is 7.80. The molecule has 5 aromatic rings. The number of benzene rings is 2. The molecule has 1 fully saturated rings. The van der Waals surface area contributed by atoms with Gasteiger partial charge in [-0.3, -0.25) is 14.2 Å². The largest absolute Gasteiger partial charge is 0.435 e. The molecule has 2 aromatic carbocycles. The number of fused-ring (bicyclic) bond motifs is 4. The fraction of sp³-hybridized carbons (Fsp3) is 0.385. The number of nitrogens with zero attached hydrogens (tertiary/aromatic N) is 5. The second-order valence-corrected chi connectivity index (χ2v) is 18.5. The summed E-state index contributed by atoms with van der Waals surface area (Å²) < 4.78 is 169. The number of halogens is 11. The minimum absolute atomic E-state index is 0.0799. The number of anilines is 1. The highest BCUT2D eigenvalue weighted by molar-refractivity contribution is 7.92. The fourth-order valence-corrected chi connectivity index (χ4v) is 8.28. The Labute approximate surface area is 345 Å². The highest BCUT2D eigenvalue weighted by Gasteiger charge is 2.72. The van der Waals surface area contributed by atoms with Crippen LogP contribution in [-0.2, 0) is 46.2 Å². The van der Waals surface area contributed by atoms with Crippen molar-refractivity contribution < 1.29 is 57.1 Å². The van der Waals surface area contributed by atoms with Crippen molar-refractivity contribution in [3.05, 3.63) is 93.0 Å². The molecular weight excluding hydrogens is 872 g/mol. The van der Waals surface area contributed by atoms with Crippen molar-refractivity contribution in [1.29, 1.82) is 0 Å². The number of carbonyl (C=O) groups is 1. The van der Waals surface area contributed by atoms with Crippen molar-refractivity contribution in [2.45, 2.75) is 75.3 Å². The number of nitrogens with one attached hydrogen (secondary N) is 1. The van der Waals surface area contributed by atoms with Crippen LogP contribution in [0.5, 0.6) is 0 Å². The van der Waals surface area contributed by atoms with E-state index in [0.29, 0.717) is 10.7 Å². The topological polar surface area (TPSA) is 138 Å². The minimum atomic E-state index is -5.17. The number of sulfone groups is 1. The van der Waals surface area contributed by atoms with E-state index in [4.69, 9.17) is 17.3 Å². The first-order valence-electron chi connectivity index (χ1n) is 18.1. The normalized spacial score (nSPS) is 19.0. The molecule has 324 valence electrons. The average molecular weight is 904 g/mol. The van der Waals surface area contributed by atoms with E-state index in [1.54, 1.807) is 0 Å². The summed E-state index contributed by atoms with van der Waals surface area (Å²) >= 11 is 6.39. The van der Waals surface area contributed by atoms with Crippen molar-refractivity contribution in [3.8, 4) is 23.0 Å². The van der Waals surface area contributed by atoms with Crippen LogP contribution in [0.4, 0.5) is 49.7 Å². The third kappa shape index (κ3) is 8.11. The summed E-state index contributed by atoms with van der Waals surface area (Å²) in [5.74, 6) is -5.78. The van der Waals surface area contributed by atoms with E-state index >= 15 is 8.78 Å². The van der Waals surface area contributed by atoms with Gasteiger partial charge in [0.15, 0.2) is 21.3 Å². The SMILES string of the molecule is C[C@@H]1C2c3c(C(F)(F)F)nn(CC(=O)N[C@@H](Cc4cc(F)cc(F)c4)c4nc(C#CC(C)(C)S(C)(=O)=O)ccc4-c4ccc(Cl)c5c(N)nn(CC(F)(F)F)c45)c3C(F)(F)[C@@H]21. The quantitative estimate of drug-likeness (QED) is 0.113. The van der Waals surface area contributed by atoms with Crippen LogP contribution < -0.4 is 11.1 Å². The van der Waals surface area contributed by atoms with Gasteiger partial charge in [0.2, 0.25) is 5.91 Å². The van der Waals surface area contributed by atoms with Crippen molar-refractivity contribution >= 4 is 44.1 Å². The number of hydrogen-bond donors (Lipinski definition) is 2. The number of rotatable bonds is 9. The van der Waals surface area contributed by atoms with Crippen LogP contribution >= 0.6 is 11.6 Å². The summed E-state index contributed by atoms with van der Waals surface area (Å²) in [5, 5.41) is 9.50. The number of carbonyl (C=O) groups excluding carboxylic acids is 1.